The minimum Gasteiger partial charge on any atom is -0.496 e. The molecule has 4 rings (SSSR count). The Morgan fingerprint density at radius 1 is 0.972 bits per heavy atom. The highest BCUT2D eigenvalue weighted by Gasteiger charge is 2.30. The minimum absolute atomic E-state index is 0.176. The second-order valence-electron chi connectivity index (χ2n) is 8.26. The monoisotopic (exact) mass is 502 g/mol. The summed E-state index contributed by atoms with van der Waals surface area (Å²) in [6.45, 7) is 1.04. The van der Waals surface area contributed by atoms with Crippen LogP contribution in [0.25, 0.3) is 0 Å². The van der Waals surface area contributed by atoms with Gasteiger partial charge in [0, 0.05) is 37.0 Å². The van der Waals surface area contributed by atoms with Gasteiger partial charge in [0.15, 0.2) is 11.5 Å². The van der Waals surface area contributed by atoms with Crippen molar-refractivity contribution >= 4 is 11.7 Å². The number of methoxy groups -OCH3 is 2. The van der Waals surface area contributed by atoms with Crippen LogP contribution < -0.4 is 19.9 Å². The van der Waals surface area contributed by atoms with E-state index >= 15 is 0 Å². The number of nitrogens with two attached hydrogens (primary N) is 1. The van der Waals surface area contributed by atoms with E-state index in [0.717, 1.165) is 30.5 Å². The highest BCUT2D eigenvalue weighted by Crippen LogP contribution is 2.36. The molecule has 0 atom stereocenters. The number of aromatic nitrogens is 2. The first-order valence-corrected chi connectivity index (χ1v) is 11.2. The number of carbonyl (C=O) groups excluding carboxylic acids is 1. The highest BCUT2D eigenvalue weighted by atomic mass is 19.4. The van der Waals surface area contributed by atoms with E-state index in [2.05, 4.69) is 9.97 Å². The molecule has 1 aliphatic rings. The number of halogens is 3. The standard InChI is InChI=1S/C25H25F3N4O4/c1-34-20-12-23(29)31-13-18(20)15-7-9-32(10-8-15)24(33)19-11-21(35-2)22(14-30-19)36-17-5-3-16(4-6-17)25(26,27)28/h3-6,11-15H,7-10H2,1-2H3,(H2,29,31). The van der Waals surface area contributed by atoms with Crippen molar-refractivity contribution in [1.29, 1.82) is 0 Å². The number of nitrogens with zero attached hydrogens (tertiary/aromatic N) is 3. The van der Waals surface area contributed by atoms with E-state index in [4.69, 9.17) is 19.9 Å². The predicted molar refractivity (Wildman–Crippen MR) is 125 cm³/mol. The second kappa shape index (κ2) is 10.3. The van der Waals surface area contributed by atoms with Crippen LogP contribution in [0.1, 0.15) is 40.4 Å². The number of ether oxygens (including phenoxy) is 3. The maximum Gasteiger partial charge on any atom is 0.416 e. The van der Waals surface area contributed by atoms with Gasteiger partial charge in [-0.15, -0.1) is 0 Å². The fourth-order valence-corrected chi connectivity index (χ4v) is 4.12. The number of rotatable bonds is 6. The Bertz CT molecular complexity index is 1230. The predicted octanol–water partition coefficient (Wildman–Crippen LogP) is 4.91. The van der Waals surface area contributed by atoms with E-state index in [-0.39, 0.29) is 34.8 Å². The first-order chi connectivity index (χ1) is 17.2. The lowest BCUT2D eigenvalue weighted by molar-refractivity contribution is -0.137. The number of alkyl halides is 3. The van der Waals surface area contributed by atoms with E-state index in [0.29, 0.717) is 24.7 Å². The lowest BCUT2D eigenvalue weighted by Gasteiger charge is -2.32. The van der Waals surface area contributed by atoms with E-state index in [1.165, 1.54) is 31.5 Å². The number of piperidine rings is 1. The van der Waals surface area contributed by atoms with Gasteiger partial charge in [-0.1, -0.05) is 0 Å². The van der Waals surface area contributed by atoms with E-state index in [1.54, 1.807) is 24.3 Å². The Balaban J connectivity index is 1.43. The highest BCUT2D eigenvalue weighted by molar-refractivity contribution is 5.93. The Morgan fingerprint density at radius 2 is 1.64 bits per heavy atom. The van der Waals surface area contributed by atoms with Gasteiger partial charge in [-0.25, -0.2) is 9.97 Å². The largest absolute Gasteiger partial charge is 0.496 e. The second-order valence-corrected chi connectivity index (χ2v) is 8.26. The third kappa shape index (κ3) is 5.45. The summed E-state index contributed by atoms with van der Waals surface area (Å²) in [7, 11) is 2.99. The van der Waals surface area contributed by atoms with Crippen molar-refractivity contribution < 1.29 is 32.2 Å². The number of pyridine rings is 2. The molecular formula is C25H25F3N4O4. The first kappa shape index (κ1) is 25.1. The zero-order valence-corrected chi connectivity index (χ0v) is 19.7. The lowest BCUT2D eigenvalue weighted by Crippen LogP contribution is -2.38. The number of nitrogen functional groups attached to an aromatic ring is 1. The molecule has 0 unspecified atom stereocenters. The molecule has 8 nitrogen and oxygen atoms in total. The summed E-state index contributed by atoms with van der Waals surface area (Å²) < 4.78 is 54.7. The summed E-state index contributed by atoms with van der Waals surface area (Å²) in [5, 5.41) is 0. The van der Waals surface area contributed by atoms with Crippen LogP contribution in [-0.2, 0) is 6.18 Å². The molecule has 1 amide bonds. The Morgan fingerprint density at radius 3 is 2.25 bits per heavy atom. The van der Waals surface area contributed by atoms with Crippen LogP contribution in [0.3, 0.4) is 0 Å². The summed E-state index contributed by atoms with van der Waals surface area (Å²) >= 11 is 0. The maximum absolute atomic E-state index is 13.1. The summed E-state index contributed by atoms with van der Waals surface area (Å²) in [5.41, 5.74) is 6.10. The molecule has 2 aromatic heterocycles. The fraction of sp³-hybridized carbons (Fsp3) is 0.320. The molecular weight excluding hydrogens is 477 g/mol. The zero-order chi connectivity index (χ0) is 25.9. The van der Waals surface area contributed by atoms with Gasteiger partial charge in [-0.2, -0.15) is 13.2 Å². The number of carbonyl (C=O) groups is 1. The van der Waals surface area contributed by atoms with Crippen molar-refractivity contribution in [3.63, 3.8) is 0 Å². The molecule has 190 valence electrons. The van der Waals surface area contributed by atoms with Crippen molar-refractivity contribution in [2.45, 2.75) is 24.9 Å². The summed E-state index contributed by atoms with van der Waals surface area (Å²) in [6, 6.07) is 7.41. The molecule has 1 saturated heterocycles. The third-order valence-electron chi connectivity index (χ3n) is 6.04. The number of amides is 1. The molecule has 0 bridgehead atoms. The summed E-state index contributed by atoms with van der Waals surface area (Å²) in [5.74, 6) is 1.58. The lowest BCUT2D eigenvalue weighted by atomic mass is 9.89. The van der Waals surface area contributed by atoms with Crippen LogP contribution in [0, 0.1) is 0 Å². The van der Waals surface area contributed by atoms with Crippen LogP contribution in [0.4, 0.5) is 19.0 Å². The van der Waals surface area contributed by atoms with Gasteiger partial charge < -0.3 is 24.8 Å². The van der Waals surface area contributed by atoms with Crippen LogP contribution in [-0.4, -0.2) is 48.1 Å². The molecule has 2 N–H and O–H groups in total. The molecule has 0 saturated carbocycles. The van der Waals surface area contributed by atoms with Crippen molar-refractivity contribution in [3.05, 3.63) is 65.6 Å². The van der Waals surface area contributed by atoms with Crippen LogP contribution >= 0.6 is 0 Å². The third-order valence-corrected chi connectivity index (χ3v) is 6.04. The molecule has 1 fully saturated rings. The molecule has 1 aliphatic heterocycles. The van der Waals surface area contributed by atoms with E-state index in [9.17, 15) is 18.0 Å². The van der Waals surface area contributed by atoms with Crippen LogP contribution in [0.2, 0.25) is 0 Å². The Labute approximate surface area is 205 Å². The molecule has 36 heavy (non-hydrogen) atoms. The first-order valence-electron chi connectivity index (χ1n) is 11.2. The smallest absolute Gasteiger partial charge is 0.416 e. The van der Waals surface area contributed by atoms with Crippen molar-refractivity contribution in [2.24, 2.45) is 0 Å². The van der Waals surface area contributed by atoms with Gasteiger partial charge in [0.05, 0.1) is 26.0 Å². The molecule has 0 spiro atoms. The fourth-order valence-electron chi connectivity index (χ4n) is 4.12. The van der Waals surface area contributed by atoms with Crippen molar-refractivity contribution in [1.82, 2.24) is 14.9 Å². The topological polar surface area (TPSA) is 99.8 Å². The molecule has 3 heterocycles. The summed E-state index contributed by atoms with van der Waals surface area (Å²) in [6.07, 6.45) is 0.0473. The van der Waals surface area contributed by atoms with Gasteiger partial charge in [0.25, 0.3) is 5.91 Å². The number of likely N-dealkylation sites (tertiary alicyclic amines) is 1. The minimum atomic E-state index is -4.44. The van der Waals surface area contributed by atoms with Crippen LogP contribution in [0.15, 0.2) is 48.8 Å². The van der Waals surface area contributed by atoms with Gasteiger partial charge in [0.1, 0.15) is 23.0 Å². The number of hydrogen-bond acceptors (Lipinski definition) is 7. The molecule has 1 aromatic carbocycles. The quantitative estimate of drug-likeness (QED) is 0.511. The summed E-state index contributed by atoms with van der Waals surface area (Å²) in [4.78, 5) is 23.2. The molecule has 3 aromatic rings. The van der Waals surface area contributed by atoms with Crippen molar-refractivity contribution in [3.8, 4) is 23.0 Å². The normalized spacial score (nSPS) is 14.4. The average molecular weight is 502 g/mol. The Kier molecular flexibility index (Phi) is 7.18. The number of hydrogen-bond donors (Lipinski definition) is 1. The molecule has 11 heteroatoms. The van der Waals surface area contributed by atoms with Gasteiger partial charge in [0.2, 0.25) is 0 Å². The molecule has 0 aliphatic carbocycles. The maximum atomic E-state index is 13.1. The number of benzene rings is 1. The van der Waals surface area contributed by atoms with E-state index < -0.39 is 11.7 Å². The van der Waals surface area contributed by atoms with E-state index in [1.807, 2.05) is 0 Å². The Hall–Kier alpha value is -4.02. The SMILES string of the molecule is COc1cc(C(=O)N2CCC(c3cnc(N)cc3OC)CC2)ncc1Oc1ccc(C(F)(F)F)cc1. The van der Waals surface area contributed by atoms with Crippen LogP contribution in [0.5, 0.6) is 23.0 Å². The molecule has 0 radical (unpaired) electrons. The van der Waals surface area contributed by atoms with Crippen molar-refractivity contribution in [2.75, 3.05) is 33.0 Å². The average Bonchev–Trinajstić information content (AvgIpc) is 2.88. The zero-order valence-electron chi connectivity index (χ0n) is 19.7. The van der Waals surface area contributed by atoms with Gasteiger partial charge in [-0.3, -0.25) is 4.79 Å². The number of anilines is 1. The van der Waals surface area contributed by atoms with Gasteiger partial charge in [-0.05, 0) is 43.0 Å². The van der Waals surface area contributed by atoms with Gasteiger partial charge >= 0.3 is 6.18 Å².